The fourth-order valence-corrected chi connectivity index (χ4v) is 2.55. The molecule has 19 heavy (non-hydrogen) atoms. The number of ketones is 1. The van der Waals surface area contributed by atoms with E-state index in [2.05, 4.69) is 0 Å². The minimum absolute atomic E-state index is 0.0344. The van der Waals surface area contributed by atoms with E-state index in [0.717, 1.165) is 17.9 Å². The first kappa shape index (κ1) is 13.8. The molecule has 2 heterocycles. The molecule has 104 valence electrons. The smallest absolute Gasteiger partial charge is 0.223 e. The molecule has 2 rings (SSSR count). The molecule has 1 fully saturated rings. The van der Waals surface area contributed by atoms with Crippen molar-refractivity contribution in [2.24, 2.45) is 0 Å². The number of furan rings is 1. The summed E-state index contributed by atoms with van der Waals surface area (Å²) in [6.45, 7) is 6.24. The Hall–Kier alpha value is -1.58. The average molecular weight is 263 g/mol. The minimum Gasteiger partial charge on any atom is -0.466 e. The summed E-state index contributed by atoms with van der Waals surface area (Å²) >= 11 is 0. The van der Waals surface area contributed by atoms with Gasteiger partial charge in [0.1, 0.15) is 11.5 Å². The van der Waals surface area contributed by atoms with Crippen molar-refractivity contribution in [2.45, 2.75) is 52.0 Å². The summed E-state index contributed by atoms with van der Waals surface area (Å²) in [5.74, 6) is 1.87. The molecule has 0 atom stereocenters. The van der Waals surface area contributed by atoms with Crippen LogP contribution in [0.5, 0.6) is 0 Å². The predicted octanol–water partition coefficient (Wildman–Crippen LogP) is 2.49. The lowest BCUT2D eigenvalue weighted by Gasteiger charge is -2.41. The van der Waals surface area contributed by atoms with Crippen molar-refractivity contribution in [1.29, 1.82) is 0 Å². The van der Waals surface area contributed by atoms with Crippen LogP contribution in [0.4, 0.5) is 0 Å². The second kappa shape index (κ2) is 5.19. The number of Topliss-reactive ketones (excluding diaryl/α,β-unsaturated/α-hetero) is 1. The van der Waals surface area contributed by atoms with Gasteiger partial charge in [0.2, 0.25) is 5.91 Å². The molecule has 0 N–H and O–H groups in total. The van der Waals surface area contributed by atoms with Crippen molar-refractivity contribution >= 4 is 11.7 Å². The molecular formula is C15H21NO3. The molecule has 1 aromatic rings. The van der Waals surface area contributed by atoms with Crippen molar-refractivity contribution in [1.82, 2.24) is 4.90 Å². The second-order valence-corrected chi connectivity index (χ2v) is 5.64. The standard InChI is InChI=1S/C15H21NO3/c1-11-6-7-12(19-11)8-9-14(18)16-10-4-5-13(17)15(16,2)3/h6-7H,4-5,8-10H2,1-3H3. The Kier molecular flexibility index (Phi) is 3.78. The van der Waals surface area contributed by atoms with Gasteiger partial charge in [0.05, 0.1) is 5.54 Å². The highest BCUT2D eigenvalue weighted by atomic mass is 16.3. The van der Waals surface area contributed by atoms with Crippen LogP contribution in [0.1, 0.15) is 44.6 Å². The molecule has 1 saturated heterocycles. The zero-order valence-corrected chi connectivity index (χ0v) is 11.9. The summed E-state index contributed by atoms with van der Waals surface area (Å²) in [6, 6.07) is 3.79. The highest BCUT2D eigenvalue weighted by Crippen LogP contribution is 2.25. The molecule has 1 aromatic heterocycles. The first-order chi connectivity index (χ1) is 8.91. The van der Waals surface area contributed by atoms with Crippen LogP contribution in [0.3, 0.4) is 0 Å². The fourth-order valence-electron chi connectivity index (χ4n) is 2.55. The SMILES string of the molecule is Cc1ccc(CCC(=O)N2CCCC(=O)C2(C)C)o1. The van der Waals surface area contributed by atoms with E-state index in [1.807, 2.05) is 32.9 Å². The van der Waals surface area contributed by atoms with Gasteiger partial charge in [-0.1, -0.05) is 0 Å². The molecule has 0 saturated carbocycles. The number of carbonyl (C=O) groups is 2. The van der Waals surface area contributed by atoms with Crippen LogP contribution < -0.4 is 0 Å². The molecule has 4 heteroatoms. The van der Waals surface area contributed by atoms with Crippen LogP contribution in [0.2, 0.25) is 0 Å². The van der Waals surface area contributed by atoms with E-state index in [9.17, 15) is 9.59 Å². The number of piperidine rings is 1. The van der Waals surface area contributed by atoms with E-state index in [-0.39, 0.29) is 11.7 Å². The van der Waals surface area contributed by atoms with Crippen LogP contribution in [-0.2, 0) is 16.0 Å². The molecule has 4 nitrogen and oxygen atoms in total. The molecule has 1 aliphatic rings. The van der Waals surface area contributed by atoms with Gasteiger partial charge >= 0.3 is 0 Å². The van der Waals surface area contributed by atoms with Crippen LogP contribution in [0.15, 0.2) is 16.5 Å². The molecule has 0 bridgehead atoms. The van der Waals surface area contributed by atoms with E-state index in [1.165, 1.54) is 0 Å². The molecule has 0 aromatic carbocycles. The van der Waals surface area contributed by atoms with Gasteiger partial charge in [0.15, 0.2) is 5.78 Å². The van der Waals surface area contributed by atoms with Gasteiger partial charge in [-0.15, -0.1) is 0 Å². The highest BCUT2D eigenvalue weighted by Gasteiger charge is 2.39. The Morgan fingerprint density at radius 2 is 2.16 bits per heavy atom. The molecule has 0 spiro atoms. The van der Waals surface area contributed by atoms with Crippen LogP contribution in [0, 0.1) is 6.92 Å². The molecule has 0 aliphatic carbocycles. The van der Waals surface area contributed by atoms with Crippen LogP contribution in [-0.4, -0.2) is 28.7 Å². The fraction of sp³-hybridized carbons (Fsp3) is 0.600. The maximum atomic E-state index is 12.3. The van der Waals surface area contributed by atoms with Gasteiger partial charge in [-0.25, -0.2) is 0 Å². The number of nitrogens with zero attached hydrogens (tertiary/aromatic N) is 1. The average Bonchev–Trinajstić information content (AvgIpc) is 2.75. The number of likely N-dealkylation sites (tertiary alicyclic amines) is 1. The third-order valence-corrected chi connectivity index (χ3v) is 3.83. The number of carbonyl (C=O) groups excluding carboxylic acids is 2. The second-order valence-electron chi connectivity index (χ2n) is 5.64. The largest absolute Gasteiger partial charge is 0.466 e. The number of aryl methyl sites for hydroxylation is 2. The minimum atomic E-state index is -0.658. The van der Waals surface area contributed by atoms with E-state index in [4.69, 9.17) is 4.42 Å². The molecule has 1 amide bonds. The molecular weight excluding hydrogens is 242 g/mol. The summed E-state index contributed by atoms with van der Waals surface area (Å²) in [7, 11) is 0. The summed E-state index contributed by atoms with van der Waals surface area (Å²) < 4.78 is 5.46. The summed E-state index contributed by atoms with van der Waals surface area (Å²) in [5, 5.41) is 0. The number of hydrogen-bond acceptors (Lipinski definition) is 3. The Labute approximate surface area is 113 Å². The van der Waals surface area contributed by atoms with Gasteiger partial charge in [-0.2, -0.15) is 0 Å². The lowest BCUT2D eigenvalue weighted by molar-refractivity contribution is -0.148. The van der Waals surface area contributed by atoms with Crippen molar-refractivity contribution in [3.8, 4) is 0 Å². The maximum absolute atomic E-state index is 12.3. The Balaban J connectivity index is 1.97. The lowest BCUT2D eigenvalue weighted by atomic mass is 9.88. The first-order valence-corrected chi connectivity index (χ1v) is 6.80. The zero-order valence-electron chi connectivity index (χ0n) is 11.9. The van der Waals surface area contributed by atoms with Crippen molar-refractivity contribution in [2.75, 3.05) is 6.54 Å². The van der Waals surface area contributed by atoms with Gasteiger partial charge in [-0.05, 0) is 39.3 Å². The Morgan fingerprint density at radius 3 is 2.79 bits per heavy atom. The van der Waals surface area contributed by atoms with Gasteiger partial charge < -0.3 is 9.32 Å². The van der Waals surface area contributed by atoms with Crippen LogP contribution in [0.25, 0.3) is 0 Å². The molecule has 1 aliphatic heterocycles. The summed E-state index contributed by atoms with van der Waals surface area (Å²) in [6.07, 6.45) is 2.33. The van der Waals surface area contributed by atoms with E-state index in [0.29, 0.717) is 25.8 Å². The summed E-state index contributed by atoms with van der Waals surface area (Å²) in [5.41, 5.74) is -0.658. The number of rotatable bonds is 3. The molecule has 0 unspecified atom stereocenters. The third-order valence-electron chi connectivity index (χ3n) is 3.83. The Bertz CT molecular complexity index is 487. The highest BCUT2D eigenvalue weighted by molar-refractivity contribution is 5.93. The topological polar surface area (TPSA) is 50.5 Å². The predicted molar refractivity (Wildman–Crippen MR) is 71.8 cm³/mol. The quantitative estimate of drug-likeness (QED) is 0.842. The van der Waals surface area contributed by atoms with Crippen LogP contribution >= 0.6 is 0 Å². The number of amides is 1. The zero-order chi connectivity index (χ0) is 14.0. The third kappa shape index (κ3) is 2.88. The lowest BCUT2D eigenvalue weighted by Crippen LogP contribution is -2.56. The van der Waals surface area contributed by atoms with Gasteiger partial charge in [0, 0.05) is 25.8 Å². The normalized spacial score (nSPS) is 18.7. The van der Waals surface area contributed by atoms with Gasteiger partial charge in [-0.3, -0.25) is 9.59 Å². The first-order valence-electron chi connectivity index (χ1n) is 6.80. The summed E-state index contributed by atoms with van der Waals surface area (Å²) in [4.78, 5) is 25.9. The Morgan fingerprint density at radius 1 is 1.42 bits per heavy atom. The van der Waals surface area contributed by atoms with E-state index >= 15 is 0 Å². The van der Waals surface area contributed by atoms with E-state index < -0.39 is 5.54 Å². The van der Waals surface area contributed by atoms with Gasteiger partial charge in [0.25, 0.3) is 0 Å². The van der Waals surface area contributed by atoms with E-state index in [1.54, 1.807) is 4.90 Å². The molecule has 0 radical (unpaired) electrons. The number of hydrogen-bond donors (Lipinski definition) is 0. The van der Waals surface area contributed by atoms with Crippen molar-refractivity contribution in [3.63, 3.8) is 0 Å². The van der Waals surface area contributed by atoms with Crippen molar-refractivity contribution < 1.29 is 14.0 Å². The maximum Gasteiger partial charge on any atom is 0.223 e. The van der Waals surface area contributed by atoms with Crippen molar-refractivity contribution in [3.05, 3.63) is 23.7 Å². The monoisotopic (exact) mass is 263 g/mol.